The fourth-order valence-electron chi connectivity index (χ4n) is 0.908. The van der Waals surface area contributed by atoms with Gasteiger partial charge in [0.25, 0.3) is 0 Å². The SMILES string of the molecule is CNC(=O)C(C)S(=O)(=O)C(C)(C)C(=O)O. The van der Waals surface area contributed by atoms with Crippen LogP contribution in [0.25, 0.3) is 0 Å². The number of nitrogens with one attached hydrogen (secondary N) is 1. The maximum absolute atomic E-state index is 11.8. The molecule has 0 rings (SSSR count). The second kappa shape index (κ2) is 4.18. The molecule has 7 heteroatoms. The summed E-state index contributed by atoms with van der Waals surface area (Å²) in [4.78, 5) is 21.9. The Morgan fingerprint density at radius 1 is 1.33 bits per heavy atom. The summed E-state index contributed by atoms with van der Waals surface area (Å²) in [5, 5.41) is 9.56. The van der Waals surface area contributed by atoms with Gasteiger partial charge in [-0.3, -0.25) is 9.59 Å². The van der Waals surface area contributed by atoms with Crippen LogP contribution in [0.5, 0.6) is 0 Å². The molecule has 0 aromatic carbocycles. The lowest BCUT2D eigenvalue weighted by Gasteiger charge is -2.23. The monoisotopic (exact) mass is 237 g/mol. The maximum atomic E-state index is 11.8. The molecule has 88 valence electrons. The van der Waals surface area contributed by atoms with E-state index in [0.29, 0.717) is 0 Å². The van der Waals surface area contributed by atoms with Crippen molar-refractivity contribution in [1.82, 2.24) is 5.32 Å². The molecule has 1 amide bonds. The molecule has 0 aliphatic carbocycles. The van der Waals surface area contributed by atoms with E-state index in [-0.39, 0.29) is 0 Å². The lowest BCUT2D eigenvalue weighted by Crippen LogP contribution is -2.49. The second-order valence-corrected chi connectivity index (χ2v) is 6.43. The van der Waals surface area contributed by atoms with E-state index in [1.54, 1.807) is 0 Å². The molecule has 0 aliphatic rings. The number of amides is 1. The highest BCUT2D eigenvalue weighted by Gasteiger charge is 2.47. The number of sulfone groups is 1. The number of aliphatic carboxylic acids is 1. The zero-order valence-electron chi connectivity index (χ0n) is 9.07. The molecular formula is C8H15NO5S. The molecule has 0 bridgehead atoms. The second-order valence-electron chi connectivity index (χ2n) is 3.62. The standard InChI is InChI=1S/C8H15NO5S/c1-5(6(10)9-4)15(13,14)8(2,3)7(11)12/h5H,1-4H3,(H,9,10)(H,11,12). The van der Waals surface area contributed by atoms with Gasteiger partial charge >= 0.3 is 5.97 Å². The minimum Gasteiger partial charge on any atom is -0.480 e. The van der Waals surface area contributed by atoms with Gasteiger partial charge in [-0.05, 0) is 20.8 Å². The predicted octanol–water partition coefficient (Wildman–Crippen LogP) is -0.601. The van der Waals surface area contributed by atoms with Crippen LogP contribution in [0.3, 0.4) is 0 Å². The number of carboxylic acid groups (broad SMARTS) is 1. The molecule has 0 heterocycles. The van der Waals surface area contributed by atoms with Crippen molar-refractivity contribution in [1.29, 1.82) is 0 Å². The minimum atomic E-state index is -4.06. The lowest BCUT2D eigenvalue weighted by atomic mass is 10.2. The molecule has 1 atom stereocenters. The zero-order valence-corrected chi connectivity index (χ0v) is 9.88. The van der Waals surface area contributed by atoms with E-state index in [4.69, 9.17) is 5.11 Å². The van der Waals surface area contributed by atoms with Gasteiger partial charge in [-0.1, -0.05) is 0 Å². The third-order valence-corrected chi connectivity index (χ3v) is 5.05. The van der Waals surface area contributed by atoms with E-state index in [9.17, 15) is 18.0 Å². The largest absolute Gasteiger partial charge is 0.480 e. The van der Waals surface area contributed by atoms with Crippen molar-refractivity contribution in [3.63, 3.8) is 0 Å². The minimum absolute atomic E-state index is 0.718. The van der Waals surface area contributed by atoms with Crippen molar-refractivity contribution in [2.75, 3.05) is 7.05 Å². The van der Waals surface area contributed by atoms with Crippen LogP contribution in [-0.2, 0) is 19.4 Å². The number of carboxylic acids is 1. The molecule has 0 spiro atoms. The van der Waals surface area contributed by atoms with Crippen molar-refractivity contribution >= 4 is 21.7 Å². The maximum Gasteiger partial charge on any atom is 0.324 e. The summed E-state index contributed by atoms with van der Waals surface area (Å²) in [6.07, 6.45) is 0. The first-order valence-electron chi connectivity index (χ1n) is 4.27. The van der Waals surface area contributed by atoms with Gasteiger partial charge in [-0.2, -0.15) is 0 Å². The molecule has 15 heavy (non-hydrogen) atoms. The highest BCUT2D eigenvalue weighted by atomic mass is 32.2. The molecule has 0 aromatic rings. The lowest BCUT2D eigenvalue weighted by molar-refractivity contribution is -0.139. The number of hydrogen-bond donors (Lipinski definition) is 2. The van der Waals surface area contributed by atoms with Gasteiger partial charge in [0.2, 0.25) is 5.91 Å². The Morgan fingerprint density at radius 2 is 1.73 bits per heavy atom. The molecule has 1 unspecified atom stereocenters. The highest BCUT2D eigenvalue weighted by molar-refractivity contribution is 7.94. The molecule has 0 aromatic heterocycles. The Morgan fingerprint density at radius 3 is 2.00 bits per heavy atom. The number of rotatable bonds is 4. The van der Waals surface area contributed by atoms with Crippen molar-refractivity contribution in [3.8, 4) is 0 Å². The van der Waals surface area contributed by atoms with Crippen LogP contribution in [0.15, 0.2) is 0 Å². The molecule has 0 saturated carbocycles. The molecule has 6 nitrogen and oxygen atoms in total. The van der Waals surface area contributed by atoms with E-state index in [1.807, 2.05) is 0 Å². The molecule has 0 saturated heterocycles. The van der Waals surface area contributed by atoms with Crippen molar-refractivity contribution < 1.29 is 23.1 Å². The Labute approximate surface area is 88.6 Å². The Kier molecular flexibility index (Phi) is 3.87. The average Bonchev–Trinajstić information content (AvgIpc) is 2.14. The number of carbonyl (C=O) groups is 2. The number of carbonyl (C=O) groups excluding carboxylic acids is 1. The topological polar surface area (TPSA) is 101 Å². The van der Waals surface area contributed by atoms with Gasteiger partial charge in [0.15, 0.2) is 14.6 Å². The van der Waals surface area contributed by atoms with Gasteiger partial charge < -0.3 is 10.4 Å². The Hall–Kier alpha value is -1.11. The van der Waals surface area contributed by atoms with Crippen molar-refractivity contribution in [2.24, 2.45) is 0 Å². The predicted molar refractivity (Wildman–Crippen MR) is 54.2 cm³/mol. The van der Waals surface area contributed by atoms with E-state index in [0.717, 1.165) is 13.8 Å². The summed E-state index contributed by atoms with van der Waals surface area (Å²) < 4.78 is 21.5. The van der Waals surface area contributed by atoms with Crippen molar-refractivity contribution in [2.45, 2.75) is 30.8 Å². The van der Waals surface area contributed by atoms with E-state index < -0.39 is 31.7 Å². The fraction of sp³-hybridized carbons (Fsp3) is 0.750. The van der Waals surface area contributed by atoms with Gasteiger partial charge in [0.05, 0.1) is 0 Å². The molecule has 0 fully saturated rings. The molecule has 0 radical (unpaired) electrons. The molecular weight excluding hydrogens is 222 g/mol. The first kappa shape index (κ1) is 13.9. The summed E-state index contributed by atoms with van der Waals surface area (Å²) in [6, 6.07) is 0. The van der Waals surface area contributed by atoms with Gasteiger partial charge in [-0.25, -0.2) is 8.42 Å². The van der Waals surface area contributed by atoms with Crippen LogP contribution in [0, 0.1) is 0 Å². The average molecular weight is 237 g/mol. The van der Waals surface area contributed by atoms with Crippen LogP contribution in [0.4, 0.5) is 0 Å². The van der Waals surface area contributed by atoms with Crippen LogP contribution < -0.4 is 5.32 Å². The van der Waals surface area contributed by atoms with Crippen LogP contribution in [0.1, 0.15) is 20.8 Å². The Bertz CT molecular complexity index is 370. The Balaban J connectivity index is 5.34. The van der Waals surface area contributed by atoms with Crippen LogP contribution in [0.2, 0.25) is 0 Å². The first-order chi connectivity index (χ1) is 6.59. The van der Waals surface area contributed by atoms with Crippen LogP contribution in [-0.4, -0.2) is 42.4 Å². The summed E-state index contributed by atoms with van der Waals surface area (Å²) >= 11 is 0. The normalized spacial score (nSPS) is 14.4. The van der Waals surface area contributed by atoms with E-state index in [1.165, 1.54) is 14.0 Å². The third kappa shape index (κ3) is 2.28. The highest BCUT2D eigenvalue weighted by Crippen LogP contribution is 2.21. The van der Waals surface area contributed by atoms with Crippen LogP contribution >= 0.6 is 0 Å². The zero-order chi connectivity index (χ0) is 12.4. The van der Waals surface area contributed by atoms with Gasteiger partial charge in [0.1, 0.15) is 5.25 Å². The smallest absolute Gasteiger partial charge is 0.324 e. The van der Waals surface area contributed by atoms with Gasteiger partial charge in [-0.15, -0.1) is 0 Å². The molecule has 2 N–H and O–H groups in total. The van der Waals surface area contributed by atoms with E-state index >= 15 is 0 Å². The summed E-state index contributed by atoms with van der Waals surface area (Å²) in [7, 11) is -2.77. The first-order valence-corrected chi connectivity index (χ1v) is 5.82. The molecule has 0 aliphatic heterocycles. The fourth-order valence-corrected chi connectivity index (χ4v) is 2.43. The van der Waals surface area contributed by atoms with E-state index in [2.05, 4.69) is 5.32 Å². The number of hydrogen-bond acceptors (Lipinski definition) is 4. The third-order valence-electron chi connectivity index (χ3n) is 2.31. The van der Waals surface area contributed by atoms with Gasteiger partial charge in [0, 0.05) is 7.05 Å². The summed E-state index contributed by atoms with van der Waals surface area (Å²) in [5.41, 5.74) is 0. The summed E-state index contributed by atoms with van der Waals surface area (Å²) in [5.74, 6) is -2.19. The quantitative estimate of drug-likeness (QED) is 0.680. The summed E-state index contributed by atoms with van der Waals surface area (Å²) in [6.45, 7) is 3.28. The van der Waals surface area contributed by atoms with Crippen molar-refractivity contribution in [3.05, 3.63) is 0 Å².